The lowest BCUT2D eigenvalue weighted by molar-refractivity contribution is -0.136. The minimum Gasteiger partial charge on any atom is -0.452 e. The quantitative estimate of drug-likeness (QED) is 0.771. The Hall–Kier alpha value is -2.89. The van der Waals surface area contributed by atoms with Crippen LogP contribution in [0.15, 0.2) is 48.7 Å². The van der Waals surface area contributed by atoms with E-state index in [2.05, 4.69) is 11.9 Å². The van der Waals surface area contributed by atoms with E-state index in [9.17, 15) is 9.59 Å². The van der Waals surface area contributed by atoms with Gasteiger partial charge in [-0.15, -0.1) is 0 Å². The van der Waals surface area contributed by atoms with Crippen molar-refractivity contribution < 1.29 is 19.1 Å². The van der Waals surface area contributed by atoms with Gasteiger partial charge in [-0.1, -0.05) is 25.1 Å². The van der Waals surface area contributed by atoms with E-state index in [4.69, 9.17) is 9.47 Å². The van der Waals surface area contributed by atoms with Gasteiger partial charge < -0.3 is 14.4 Å². The number of pyridine rings is 1. The van der Waals surface area contributed by atoms with Crippen LogP contribution in [0.5, 0.6) is 11.6 Å². The van der Waals surface area contributed by atoms with Crippen LogP contribution in [0, 0.1) is 5.92 Å². The van der Waals surface area contributed by atoms with E-state index < -0.39 is 5.97 Å². The average Bonchev–Trinajstić information content (AvgIpc) is 2.67. The van der Waals surface area contributed by atoms with E-state index in [-0.39, 0.29) is 24.0 Å². The second-order valence-electron chi connectivity index (χ2n) is 6.43. The molecule has 2 aromatic rings. The van der Waals surface area contributed by atoms with Crippen molar-refractivity contribution in [3.8, 4) is 11.6 Å². The summed E-state index contributed by atoms with van der Waals surface area (Å²) in [6, 6.07) is 12.3. The number of nitrogens with zero attached hydrogens (tertiary/aromatic N) is 2. The third-order valence-corrected chi connectivity index (χ3v) is 4.29. The van der Waals surface area contributed by atoms with Crippen molar-refractivity contribution >= 4 is 11.9 Å². The lowest BCUT2D eigenvalue weighted by Crippen LogP contribution is -2.41. The molecule has 6 nitrogen and oxygen atoms in total. The number of piperidine rings is 1. The fraction of sp³-hybridized carbons (Fsp3) is 0.350. The van der Waals surface area contributed by atoms with Crippen LogP contribution in [0.4, 0.5) is 0 Å². The molecule has 0 radical (unpaired) electrons. The minimum absolute atomic E-state index is 0.155. The fourth-order valence-corrected chi connectivity index (χ4v) is 2.94. The SMILES string of the molecule is CC1CCCN(C(=O)COC(=O)c2cccnc2Oc2ccccc2)C1. The van der Waals surface area contributed by atoms with E-state index in [0.717, 1.165) is 19.4 Å². The van der Waals surface area contributed by atoms with Crippen molar-refractivity contribution in [2.45, 2.75) is 19.8 Å². The highest BCUT2D eigenvalue weighted by Crippen LogP contribution is 2.23. The zero-order valence-corrected chi connectivity index (χ0v) is 14.8. The maximum atomic E-state index is 12.4. The minimum atomic E-state index is -0.623. The Kier molecular flexibility index (Phi) is 5.84. The summed E-state index contributed by atoms with van der Waals surface area (Å²) >= 11 is 0. The number of ether oxygens (including phenoxy) is 2. The predicted octanol–water partition coefficient (Wildman–Crippen LogP) is 3.29. The zero-order valence-electron chi connectivity index (χ0n) is 14.8. The van der Waals surface area contributed by atoms with Crippen LogP contribution in [0.25, 0.3) is 0 Å². The van der Waals surface area contributed by atoms with Gasteiger partial charge in [-0.25, -0.2) is 9.78 Å². The number of aromatic nitrogens is 1. The van der Waals surface area contributed by atoms with Gasteiger partial charge >= 0.3 is 5.97 Å². The number of esters is 1. The Labute approximate surface area is 152 Å². The topological polar surface area (TPSA) is 68.7 Å². The number of rotatable bonds is 5. The standard InChI is InChI=1S/C20H22N2O4/c1-15-7-6-12-22(13-15)18(23)14-25-20(24)17-10-5-11-21-19(17)26-16-8-3-2-4-9-16/h2-5,8-11,15H,6-7,12-14H2,1H3. The molecule has 0 spiro atoms. The molecule has 1 aliphatic heterocycles. The molecule has 2 heterocycles. The highest BCUT2D eigenvalue weighted by atomic mass is 16.5. The Morgan fingerprint density at radius 1 is 1.19 bits per heavy atom. The van der Waals surface area contributed by atoms with E-state index >= 15 is 0 Å². The van der Waals surface area contributed by atoms with Crippen molar-refractivity contribution in [1.82, 2.24) is 9.88 Å². The summed E-state index contributed by atoms with van der Waals surface area (Å²) in [7, 11) is 0. The molecule has 1 atom stereocenters. The summed E-state index contributed by atoms with van der Waals surface area (Å²) in [5, 5.41) is 0. The first-order chi connectivity index (χ1) is 12.6. The molecule has 0 N–H and O–H groups in total. The summed E-state index contributed by atoms with van der Waals surface area (Å²) in [4.78, 5) is 30.5. The van der Waals surface area contributed by atoms with Gasteiger partial charge in [0.05, 0.1) is 0 Å². The van der Waals surface area contributed by atoms with Gasteiger partial charge in [-0.2, -0.15) is 0 Å². The number of para-hydroxylation sites is 1. The van der Waals surface area contributed by atoms with Crippen LogP contribution in [0.2, 0.25) is 0 Å². The summed E-state index contributed by atoms with van der Waals surface area (Å²) in [5.41, 5.74) is 0.191. The third kappa shape index (κ3) is 4.59. The zero-order chi connectivity index (χ0) is 18.4. The lowest BCUT2D eigenvalue weighted by atomic mass is 10.0. The number of likely N-dealkylation sites (tertiary alicyclic amines) is 1. The van der Waals surface area contributed by atoms with Gasteiger partial charge in [0.25, 0.3) is 5.91 Å². The summed E-state index contributed by atoms with van der Waals surface area (Å²) in [6.45, 7) is 3.28. The van der Waals surface area contributed by atoms with Crippen LogP contribution in [0.3, 0.4) is 0 Å². The molecule has 1 aromatic carbocycles. The van der Waals surface area contributed by atoms with Crippen molar-refractivity contribution in [1.29, 1.82) is 0 Å². The number of amides is 1. The molecule has 1 fully saturated rings. The molecule has 3 rings (SSSR count). The highest BCUT2D eigenvalue weighted by molar-refractivity contribution is 5.93. The van der Waals surface area contributed by atoms with Crippen molar-refractivity contribution in [3.63, 3.8) is 0 Å². The van der Waals surface area contributed by atoms with Gasteiger partial charge in [0.2, 0.25) is 5.88 Å². The predicted molar refractivity (Wildman–Crippen MR) is 96.0 cm³/mol. The van der Waals surface area contributed by atoms with Gasteiger partial charge in [-0.05, 0) is 43.0 Å². The smallest absolute Gasteiger partial charge is 0.344 e. The summed E-state index contributed by atoms with van der Waals surface area (Å²) < 4.78 is 10.9. The number of hydrogen-bond donors (Lipinski definition) is 0. The largest absolute Gasteiger partial charge is 0.452 e. The molecule has 1 aromatic heterocycles. The van der Waals surface area contributed by atoms with Gasteiger partial charge in [0.15, 0.2) is 6.61 Å². The lowest BCUT2D eigenvalue weighted by Gasteiger charge is -2.30. The van der Waals surface area contributed by atoms with Gasteiger partial charge in [0.1, 0.15) is 11.3 Å². The number of hydrogen-bond acceptors (Lipinski definition) is 5. The normalized spacial score (nSPS) is 16.8. The molecular formula is C20H22N2O4. The summed E-state index contributed by atoms with van der Waals surface area (Å²) in [5.74, 6) is 0.413. The molecule has 1 unspecified atom stereocenters. The first-order valence-electron chi connectivity index (χ1n) is 8.76. The first kappa shape index (κ1) is 17.9. The van der Waals surface area contributed by atoms with Crippen molar-refractivity contribution in [3.05, 3.63) is 54.2 Å². The van der Waals surface area contributed by atoms with Crippen LogP contribution >= 0.6 is 0 Å². The van der Waals surface area contributed by atoms with E-state index in [1.165, 1.54) is 6.20 Å². The van der Waals surface area contributed by atoms with Gasteiger partial charge in [0, 0.05) is 19.3 Å². The molecule has 1 saturated heterocycles. The van der Waals surface area contributed by atoms with Crippen LogP contribution in [0.1, 0.15) is 30.1 Å². The second kappa shape index (κ2) is 8.47. The average molecular weight is 354 g/mol. The van der Waals surface area contributed by atoms with Crippen LogP contribution in [-0.4, -0.2) is 41.5 Å². The maximum Gasteiger partial charge on any atom is 0.344 e. The number of benzene rings is 1. The molecule has 26 heavy (non-hydrogen) atoms. The van der Waals surface area contributed by atoms with E-state index in [1.807, 2.05) is 18.2 Å². The molecule has 6 heteroatoms. The number of carbonyl (C=O) groups excluding carboxylic acids is 2. The van der Waals surface area contributed by atoms with E-state index in [0.29, 0.717) is 18.2 Å². The molecule has 0 bridgehead atoms. The Balaban J connectivity index is 1.62. The first-order valence-corrected chi connectivity index (χ1v) is 8.76. The van der Waals surface area contributed by atoms with Crippen LogP contribution < -0.4 is 4.74 Å². The third-order valence-electron chi connectivity index (χ3n) is 4.29. The van der Waals surface area contributed by atoms with Crippen LogP contribution in [-0.2, 0) is 9.53 Å². The molecule has 1 amide bonds. The van der Waals surface area contributed by atoms with E-state index in [1.54, 1.807) is 29.2 Å². The highest BCUT2D eigenvalue weighted by Gasteiger charge is 2.23. The molecule has 1 aliphatic rings. The van der Waals surface area contributed by atoms with Gasteiger partial charge in [-0.3, -0.25) is 4.79 Å². The molecule has 136 valence electrons. The molecule has 0 saturated carbocycles. The number of carbonyl (C=O) groups is 2. The maximum absolute atomic E-state index is 12.4. The Morgan fingerprint density at radius 2 is 2.00 bits per heavy atom. The second-order valence-corrected chi connectivity index (χ2v) is 6.43. The Bertz CT molecular complexity index is 763. The summed E-state index contributed by atoms with van der Waals surface area (Å²) in [6.07, 6.45) is 3.65. The molecule has 0 aliphatic carbocycles. The Morgan fingerprint density at radius 3 is 2.77 bits per heavy atom. The van der Waals surface area contributed by atoms with Crippen molar-refractivity contribution in [2.75, 3.05) is 19.7 Å². The fourth-order valence-electron chi connectivity index (χ4n) is 2.94. The molecular weight excluding hydrogens is 332 g/mol. The van der Waals surface area contributed by atoms with Crippen molar-refractivity contribution in [2.24, 2.45) is 5.92 Å². The monoisotopic (exact) mass is 354 g/mol.